The average Bonchev–Trinajstić information content (AvgIpc) is 3.18. The normalized spacial score (nSPS) is 11.0. The first-order valence-electron chi connectivity index (χ1n) is 10.9. The van der Waals surface area contributed by atoms with Gasteiger partial charge >= 0.3 is 5.97 Å². The van der Waals surface area contributed by atoms with E-state index in [0.717, 1.165) is 61.5 Å². The largest absolute Gasteiger partial charge is 0.505 e. The van der Waals surface area contributed by atoms with Crippen molar-refractivity contribution in [3.05, 3.63) is 59.7 Å². The number of benzene rings is 2. The van der Waals surface area contributed by atoms with Gasteiger partial charge in [0.15, 0.2) is 0 Å². The number of aromatic hydroxyl groups is 1. The van der Waals surface area contributed by atoms with Crippen LogP contribution in [0.15, 0.2) is 48.6 Å². The van der Waals surface area contributed by atoms with E-state index in [4.69, 9.17) is 4.74 Å². The van der Waals surface area contributed by atoms with Crippen molar-refractivity contribution in [2.24, 2.45) is 0 Å². The van der Waals surface area contributed by atoms with Gasteiger partial charge in [0.05, 0.1) is 6.61 Å². The van der Waals surface area contributed by atoms with Crippen molar-refractivity contribution in [2.45, 2.75) is 58.8 Å². The van der Waals surface area contributed by atoms with Gasteiger partial charge in [-0.15, -0.1) is 15.0 Å². The number of carbonyl (C=O) groups is 1. The lowest BCUT2D eigenvalue weighted by Gasteiger charge is -2.10. The standard InChI is InChI=1S/C25H31N3O3/c1-18(2)25(30)31-15-11-7-5-4-6-8-12-20-16-19(3)24(29)23(17-20)28-26-21-13-9-10-14-22(21)27-28/h9-10,13-14,16-17,29H,1,4-8,11-12,15H2,2-3H3. The molecule has 0 unspecified atom stereocenters. The van der Waals surface area contributed by atoms with Crippen molar-refractivity contribution in [1.29, 1.82) is 0 Å². The molecule has 0 saturated heterocycles. The van der Waals surface area contributed by atoms with Gasteiger partial charge in [-0.2, -0.15) is 0 Å². The lowest BCUT2D eigenvalue weighted by atomic mass is 10.0. The number of rotatable bonds is 11. The average molecular weight is 422 g/mol. The third kappa shape index (κ3) is 6.17. The summed E-state index contributed by atoms with van der Waals surface area (Å²) in [6.45, 7) is 7.61. The van der Waals surface area contributed by atoms with Crippen molar-refractivity contribution in [1.82, 2.24) is 15.0 Å². The molecule has 0 radical (unpaired) electrons. The molecule has 2 aromatic carbocycles. The molecule has 0 fully saturated rings. The molecule has 0 bridgehead atoms. The smallest absolute Gasteiger partial charge is 0.333 e. The summed E-state index contributed by atoms with van der Waals surface area (Å²) in [7, 11) is 0. The van der Waals surface area contributed by atoms with E-state index in [2.05, 4.69) is 16.8 Å². The summed E-state index contributed by atoms with van der Waals surface area (Å²) in [6, 6.07) is 11.7. The summed E-state index contributed by atoms with van der Waals surface area (Å²) in [4.78, 5) is 12.8. The van der Waals surface area contributed by atoms with Crippen LogP contribution in [0.3, 0.4) is 0 Å². The summed E-state index contributed by atoms with van der Waals surface area (Å²) in [5.74, 6) is -0.0848. The van der Waals surface area contributed by atoms with Gasteiger partial charge in [0, 0.05) is 5.57 Å². The minimum absolute atomic E-state index is 0.219. The summed E-state index contributed by atoms with van der Waals surface area (Å²) in [5, 5.41) is 19.5. The number of carbonyl (C=O) groups excluding carboxylic acids is 1. The molecular formula is C25H31N3O3. The SMILES string of the molecule is C=C(C)C(=O)OCCCCCCCCc1cc(C)c(O)c(-n2nc3ccccc3n2)c1. The molecule has 0 saturated carbocycles. The molecule has 1 heterocycles. The van der Waals surface area contributed by atoms with E-state index in [-0.39, 0.29) is 11.7 Å². The van der Waals surface area contributed by atoms with Gasteiger partial charge in [0.2, 0.25) is 0 Å². The number of aromatic nitrogens is 3. The van der Waals surface area contributed by atoms with Crippen LogP contribution in [0.2, 0.25) is 0 Å². The number of ether oxygens (including phenoxy) is 1. The second-order valence-electron chi connectivity index (χ2n) is 8.05. The Balaban J connectivity index is 1.46. The molecule has 1 aromatic heterocycles. The van der Waals surface area contributed by atoms with E-state index in [1.165, 1.54) is 10.4 Å². The Hall–Kier alpha value is -3.15. The van der Waals surface area contributed by atoms with Gasteiger partial charge in [-0.1, -0.05) is 50.5 Å². The topological polar surface area (TPSA) is 77.2 Å². The van der Waals surface area contributed by atoms with Crippen molar-refractivity contribution >= 4 is 17.0 Å². The summed E-state index contributed by atoms with van der Waals surface area (Å²) in [6.07, 6.45) is 7.42. The number of nitrogens with zero attached hydrogens (tertiary/aromatic N) is 3. The van der Waals surface area contributed by atoms with Gasteiger partial charge in [-0.25, -0.2) is 4.79 Å². The predicted octanol–water partition coefficient (Wildman–Crippen LogP) is 5.44. The molecule has 3 rings (SSSR count). The molecule has 6 heteroatoms. The monoisotopic (exact) mass is 421 g/mol. The first-order valence-corrected chi connectivity index (χ1v) is 10.9. The second kappa shape index (κ2) is 10.8. The number of hydrogen-bond donors (Lipinski definition) is 1. The Morgan fingerprint density at radius 3 is 2.29 bits per heavy atom. The Morgan fingerprint density at radius 2 is 1.65 bits per heavy atom. The number of unbranched alkanes of at least 4 members (excludes halogenated alkanes) is 5. The van der Waals surface area contributed by atoms with Gasteiger partial charge in [0.25, 0.3) is 0 Å². The molecule has 0 aliphatic heterocycles. The maximum atomic E-state index is 11.3. The van der Waals surface area contributed by atoms with Gasteiger partial charge in [-0.3, -0.25) is 0 Å². The molecule has 0 amide bonds. The lowest BCUT2D eigenvalue weighted by Crippen LogP contribution is -2.05. The Morgan fingerprint density at radius 1 is 1.03 bits per heavy atom. The Kier molecular flexibility index (Phi) is 7.82. The van der Waals surface area contributed by atoms with Crippen LogP contribution < -0.4 is 0 Å². The zero-order chi connectivity index (χ0) is 22.2. The number of hydrogen-bond acceptors (Lipinski definition) is 5. The summed E-state index contributed by atoms with van der Waals surface area (Å²) < 4.78 is 5.11. The van der Waals surface area contributed by atoms with Gasteiger partial charge in [0.1, 0.15) is 22.5 Å². The molecule has 0 spiro atoms. The van der Waals surface area contributed by atoms with Crippen LogP contribution in [0.4, 0.5) is 0 Å². The fourth-order valence-electron chi connectivity index (χ4n) is 3.52. The molecule has 164 valence electrons. The van der Waals surface area contributed by atoms with Crippen LogP contribution in [0.1, 0.15) is 56.6 Å². The molecule has 0 aliphatic carbocycles. The first kappa shape index (κ1) is 22.5. The van der Waals surface area contributed by atoms with E-state index in [1.807, 2.05) is 43.3 Å². The van der Waals surface area contributed by atoms with Crippen LogP contribution >= 0.6 is 0 Å². The van der Waals surface area contributed by atoms with Crippen LogP contribution in [0.25, 0.3) is 16.7 Å². The number of phenols is 1. The summed E-state index contributed by atoms with van der Waals surface area (Å²) in [5.41, 5.74) is 4.69. The molecule has 0 aliphatic rings. The maximum absolute atomic E-state index is 11.3. The highest BCUT2D eigenvalue weighted by molar-refractivity contribution is 5.86. The fourth-order valence-corrected chi connectivity index (χ4v) is 3.52. The predicted molar refractivity (Wildman–Crippen MR) is 122 cm³/mol. The number of aryl methyl sites for hydroxylation is 2. The number of phenolic OH excluding ortho intramolecular Hbond substituents is 1. The molecule has 6 nitrogen and oxygen atoms in total. The molecule has 1 N–H and O–H groups in total. The van der Waals surface area contributed by atoms with Gasteiger partial charge in [-0.05, 0) is 62.4 Å². The van der Waals surface area contributed by atoms with Crippen molar-refractivity contribution in [2.75, 3.05) is 6.61 Å². The summed E-state index contributed by atoms with van der Waals surface area (Å²) >= 11 is 0. The quantitative estimate of drug-likeness (QED) is 0.253. The van der Waals surface area contributed by atoms with Crippen molar-refractivity contribution in [3.63, 3.8) is 0 Å². The van der Waals surface area contributed by atoms with Crippen LogP contribution in [-0.4, -0.2) is 32.7 Å². The third-order valence-electron chi connectivity index (χ3n) is 5.28. The second-order valence-corrected chi connectivity index (χ2v) is 8.05. The van der Waals surface area contributed by atoms with E-state index >= 15 is 0 Å². The van der Waals surface area contributed by atoms with Crippen molar-refractivity contribution in [3.8, 4) is 11.4 Å². The van der Waals surface area contributed by atoms with E-state index in [0.29, 0.717) is 17.9 Å². The fraction of sp³-hybridized carbons (Fsp3) is 0.400. The zero-order valence-corrected chi connectivity index (χ0v) is 18.4. The lowest BCUT2D eigenvalue weighted by molar-refractivity contribution is -0.139. The third-order valence-corrected chi connectivity index (χ3v) is 5.28. The maximum Gasteiger partial charge on any atom is 0.333 e. The van der Waals surface area contributed by atoms with Crippen LogP contribution in [0.5, 0.6) is 5.75 Å². The minimum Gasteiger partial charge on any atom is -0.505 e. The number of esters is 1. The zero-order valence-electron chi connectivity index (χ0n) is 18.4. The van der Waals surface area contributed by atoms with Crippen LogP contribution in [-0.2, 0) is 16.0 Å². The molecule has 31 heavy (non-hydrogen) atoms. The van der Waals surface area contributed by atoms with E-state index in [1.54, 1.807) is 6.92 Å². The highest BCUT2D eigenvalue weighted by Gasteiger charge is 2.12. The minimum atomic E-state index is -0.304. The molecule has 0 atom stereocenters. The Labute approximate surface area is 183 Å². The Bertz CT molecular complexity index is 1020. The van der Waals surface area contributed by atoms with Crippen molar-refractivity contribution < 1.29 is 14.6 Å². The molecule has 3 aromatic rings. The van der Waals surface area contributed by atoms with E-state index < -0.39 is 0 Å². The highest BCUT2D eigenvalue weighted by atomic mass is 16.5. The number of fused-ring (bicyclic) bond motifs is 1. The first-order chi connectivity index (χ1) is 15.0. The van der Waals surface area contributed by atoms with Gasteiger partial charge < -0.3 is 9.84 Å². The van der Waals surface area contributed by atoms with Crippen LogP contribution in [0, 0.1) is 6.92 Å². The highest BCUT2D eigenvalue weighted by Crippen LogP contribution is 2.28. The molecular weight excluding hydrogens is 390 g/mol. The van der Waals surface area contributed by atoms with E-state index in [9.17, 15) is 9.90 Å².